The van der Waals surface area contributed by atoms with Gasteiger partial charge in [0.05, 0.1) is 11.9 Å². The number of imidazole rings is 1. The highest BCUT2D eigenvalue weighted by atomic mass is 16.2. The van der Waals surface area contributed by atoms with Crippen molar-refractivity contribution >= 4 is 28.7 Å². The van der Waals surface area contributed by atoms with Gasteiger partial charge in [0.15, 0.2) is 11.3 Å². The maximum Gasteiger partial charge on any atom is 0.276 e. The van der Waals surface area contributed by atoms with E-state index in [0.717, 1.165) is 43.7 Å². The van der Waals surface area contributed by atoms with Crippen molar-refractivity contribution in [2.75, 3.05) is 22.5 Å². The number of nitrogens with zero attached hydrogens (tertiary/aromatic N) is 4. The average molecular weight is 421 g/mol. The molecule has 0 spiro atoms. The summed E-state index contributed by atoms with van der Waals surface area (Å²) in [4.78, 5) is 21.4. The quantitative estimate of drug-likeness (QED) is 0.463. The van der Waals surface area contributed by atoms with Crippen molar-refractivity contribution < 1.29 is 4.79 Å². The minimum absolute atomic E-state index is 0.264. The topological polar surface area (TPSA) is 122 Å². The largest absolute Gasteiger partial charge is 0.382 e. The first-order valence-electron chi connectivity index (χ1n) is 11.0. The summed E-state index contributed by atoms with van der Waals surface area (Å²) in [5, 5.41) is 14.7. The van der Waals surface area contributed by atoms with Gasteiger partial charge in [-0.1, -0.05) is 0 Å². The molecule has 9 heteroatoms. The maximum absolute atomic E-state index is 12.9. The van der Waals surface area contributed by atoms with E-state index in [9.17, 15) is 4.79 Å². The van der Waals surface area contributed by atoms with E-state index < -0.39 is 0 Å². The summed E-state index contributed by atoms with van der Waals surface area (Å²) in [6.07, 6.45) is 11.4. The maximum atomic E-state index is 12.9. The Morgan fingerprint density at radius 1 is 1.13 bits per heavy atom. The molecule has 0 aliphatic heterocycles. The third-order valence-corrected chi connectivity index (χ3v) is 6.04. The molecule has 3 aromatic rings. The highest BCUT2D eigenvalue weighted by Crippen LogP contribution is 2.30. The molecule has 3 heterocycles. The molecule has 0 aromatic carbocycles. The van der Waals surface area contributed by atoms with Gasteiger partial charge in [0.25, 0.3) is 5.91 Å². The number of carbonyl (C=O) groups excluding carboxylic acids is 1. The van der Waals surface area contributed by atoms with Crippen LogP contribution < -0.4 is 21.7 Å². The molecule has 5 N–H and O–H groups in total. The Kier molecular flexibility index (Phi) is 5.42. The molecule has 3 aromatic heterocycles. The molecule has 0 unspecified atom stereocenters. The van der Waals surface area contributed by atoms with Gasteiger partial charge in [0, 0.05) is 42.8 Å². The van der Waals surface area contributed by atoms with Crippen LogP contribution in [0.4, 0.5) is 17.2 Å². The molecule has 1 amide bonds. The summed E-state index contributed by atoms with van der Waals surface area (Å²) in [5.74, 6) is 1.19. The molecule has 2 saturated carbocycles. The normalized spacial score (nSPS) is 21.1. The van der Waals surface area contributed by atoms with Crippen molar-refractivity contribution in [1.29, 1.82) is 0 Å². The lowest BCUT2D eigenvalue weighted by atomic mass is 9.92. The van der Waals surface area contributed by atoms with E-state index in [2.05, 4.69) is 25.9 Å². The van der Waals surface area contributed by atoms with E-state index >= 15 is 0 Å². The van der Waals surface area contributed by atoms with Crippen LogP contribution in [0.3, 0.4) is 0 Å². The fourth-order valence-electron chi connectivity index (χ4n) is 4.00. The molecular formula is C22H28N8O. The molecular weight excluding hydrogens is 392 g/mol. The van der Waals surface area contributed by atoms with Gasteiger partial charge in [0.2, 0.25) is 0 Å². The van der Waals surface area contributed by atoms with Gasteiger partial charge in [0.1, 0.15) is 5.82 Å². The highest BCUT2D eigenvalue weighted by molar-refractivity contribution is 6.03. The van der Waals surface area contributed by atoms with E-state index in [-0.39, 0.29) is 5.91 Å². The fraction of sp³-hybridized carbons (Fsp3) is 0.455. The molecule has 0 radical (unpaired) electrons. The van der Waals surface area contributed by atoms with Crippen molar-refractivity contribution in [3.63, 3.8) is 0 Å². The minimum atomic E-state index is -0.264. The summed E-state index contributed by atoms with van der Waals surface area (Å²) in [7, 11) is 0. The third kappa shape index (κ3) is 4.61. The lowest BCUT2D eigenvalue weighted by molar-refractivity contribution is 0.102. The summed E-state index contributed by atoms with van der Waals surface area (Å²) >= 11 is 0. The number of anilines is 3. The first-order chi connectivity index (χ1) is 15.2. The molecule has 2 aliphatic carbocycles. The average Bonchev–Trinajstić information content (AvgIpc) is 3.51. The molecule has 0 saturated heterocycles. The molecule has 0 atom stereocenters. The lowest BCUT2D eigenvalue weighted by Crippen LogP contribution is -2.33. The van der Waals surface area contributed by atoms with Crippen molar-refractivity contribution in [3.8, 4) is 0 Å². The Morgan fingerprint density at radius 2 is 1.90 bits per heavy atom. The van der Waals surface area contributed by atoms with Crippen LogP contribution in [0.2, 0.25) is 0 Å². The summed E-state index contributed by atoms with van der Waals surface area (Å²) in [5.41, 5.74) is 8.65. The van der Waals surface area contributed by atoms with E-state index in [4.69, 9.17) is 10.8 Å². The number of nitrogens with one attached hydrogen (secondary N) is 3. The highest BCUT2D eigenvalue weighted by Gasteiger charge is 2.24. The van der Waals surface area contributed by atoms with Gasteiger partial charge in [-0.15, -0.1) is 5.10 Å². The van der Waals surface area contributed by atoms with Crippen molar-refractivity contribution in [1.82, 2.24) is 19.6 Å². The second-order valence-corrected chi connectivity index (χ2v) is 8.59. The van der Waals surface area contributed by atoms with Crippen LogP contribution in [0.1, 0.15) is 49.0 Å². The zero-order valence-corrected chi connectivity index (χ0v) is 17.4. The Balaban J connectivity index is 1.43. The van der Waals surface area contributed by atoms with E-state index in [1.165, 1.54) is 12.8 Å². The van der Waals surface area contributed by atoms with Gasteiger partial charge in [-0.05, 0) is 56.6 Å². The van der Waals surface area contributed by atoms with Crippen LogP contribution in [0.25, 0.3) is 5.65 Å². The number of pyridine rings is 1. The van der Waals surface area contributed by atoms with Crippen LogP contribution in [-0.4, -0.2) is 44.1 Å². The van der Waals surface area contributed by atoms with Crippen molar-refractivity contribution in [2.45, 2.75) is 50.6 Å². The molecule has 31 heavy (non-hydrogen) atoms. The first-order valence-corrected chi connectivity index (χ1v) is 11.0. The Morgan fingerprint density at radius 3 is 2.65 bits per heavy atom. The summed E-state index contributed by atoms with van der Waals surface area (Å²) in [6, 6.07) is 6.12. The van der Waals surface area contributed by atoms with Crippen LogP contribution in [0.5, 0.6) is 0 Å². The van der Waals surface area contributed by atoms with Crippen LogP contribution >= 0.6 is 0 Å². The number of aromatic nitrogens is 4. The zero-order chi connectivity index (χ0) is 21.2. The second kappa shape index (κ2) is 8.50. The van der Waals surface area contributed by atoms with Crippen LogP contribution in [-0.2, 0) is 0 Å². The van der Waals surface area contributed by atoms with Crippen LogP contribution in [0, 0.1) is 5.92 Å². The minimum Gasteiger partial charge on any atom is -0.382 e. The number of carbonyl (C=O) groups is 1. The van der Waals surface area contributed by atoms with E-state index in [0.29, 0.717) is 35.0 Å². The van der Waals surface area contributed by atoms with Crippen LogP contribution in [0.15, 0.2) is 36.8 Å². The Hall–Kier alpha value is -3.20. The van der Waals surface area contributed by atoms with E-state index in [1.807, 2.05) is 6.07 Å². The van der Waals surface area contributed by atoms with Gasteiger partial charge in [-0.2, -0.15) is 0 Å². The number of amides is 1. The van der Waals surface area contributed by atoms with Gasteiger partial charge < -0.3 is 21.7 Å². The second-order valence-electron chi connectivity index (χ2n) is 8.59. The number of hydrogen-bond donors (Lipinski definition) is 4. The summed E-state index contributed by atoms with van der Waals surface area (Å²) in [6.45, 7) is 0.906. The van der Waals surface area contributed by atoms with Crippen molar-refractivity contribution in [3.05, 3.63) is 42.5 Å². The first kappa shape index (κ1) is 19.7. The molecule has 0 bridgehead atoms. The Bertz CT molecular complexity index is 1050. The van der Waals surface area contributed by atoms with Gasteiger partial charge in [-0.25, -0.2) is 9.50 Å². The van der Waals surface area contributed by atoms with E-state index in [1.54, 1.807) is 35.2 Å². The SMILES string of the molecule is NC1CCC(Nc2cc(NCC3CC3)c3ncc(C(=O)Nc4ccncc4)n3n2)CC1. The molecule has 2 fully saturated rings. The molecule has 9 nitrogen and oxygen atoms in total. The lowest BCUT2D eigenvalue weighted by Gasteiger charge is -2.27. The summed E-state index contributed by atoms with van der Waals surface area (Å²) < 4.78 is 1.63. The van der Waals surface area contributed by atoms with Gasteiger partial charge in [-0.3, -0.25) is 9.78 Å². The smallest absolute Gasteiger partial charge is 0.276 e. The fourth-order valence-corrected chi connectivity index (χ4v) is 4.00. The molecule has 2 aliphatic rings. The molecule has 5 rings (SSSR count). The number of fused-ring (bicyclic) bond motifs is 1. The monoisotopic (exact) mass is 420 g/mol. The number of nitrogens with two attached hydrogens (primary N) is 1. The standard InChI is InChI=1S/C22H28N8O/c23-15-3-5-16(6-4-15)27-20-11-18(25-12-14-1-2-14)21-26-13-19(30(21)29-20)22(31)28-17-7-9-24-10-8-17/h7-11,13-16,25H,1-6,12,23H2,(H,27,29)(H,24,28,31). The van der Waals surface area contributed by atoms with Crippen molar-refractivity contribution in [2.24, 2.45) is 11.7 Å². The Labute approximate surface area is 180 Å². The predicted molar refractivity (Wildman–Crippen MR) is 120 cm³/mol. The number of hydrogen-bond acceptors (Lipinski definition) is 7. The molecule has 162 valence electrons. The third-order valence-electron chi connectivity index (χ3n) is 6.04. The predicted octanol–water partition coefficient (Wildman–Crippen LogP) is 2.88. The van der Waals surface area contributed by atoms with Gasteiger partial charge >= 0.3 is 0 Å². The zero-order valence-electron chi connectivity index (χ0n) is 17.4. The number of rotatable bonds is 7.